The molecule has 1 saturated carbocycles. The van der Waals surface area contributed by atoms with E-state index in [4.69, 9.17) is 4.98 Å². The average Bonchev–Trinajstić information content (AvgIpc) is 2.44. The average molecular weight is 307 g/mol. The maximum Gasteiger partial charge on any atom is 0.0968 e. The van der Waals surface area contributed by atoms with Crippen molar-refractivity contribution < 1.29 is 0 Å². The van der Waals surface area contributed by atoms with E-state index in [-0.39, 0.29) is 0 Å². The lowest BCUT2D eigenvalue weighted by atomic mass is 9.84. The highest BCUT2D eigenvalue weighted by Gasteiger charge is 2.30. The maximum absolute atomic E-state index is 4.73. The van der Waals surface area contributed by atoms with Gasteiger partial charge in [-0.05, 0) is 69.7 Å². The third kappa shape index (κ3) is 5.00. The van der Waals surface area contributed by atoms with Crippen molar-refractivity contribution in [3.05, 3.63) is 23.4 Å². The lowest BCUT2D eigenvalue weighted by Crippen LogP contribution is -2.42. The van der Waals surface area contributed by atoms with Gasteiger partial charge < -0.3 is 5.32 Å². The zero-order valence-electron chi connectivity index (χ0n) is 14.0. The zero-order chi connectivity index (χ0) is 15.2. The van der Waals surface area contributed by atoms with Crippen molar-refractivity contribution in [2.45, 2.75) is 76.1 Å². The molecule has 0 radical (unpaired) electrons. The Morgan fingerprint density at radius 2 is 2.05 bits per heavy atom. The Bertz CT molecular complexity index is 427. The molecule has 3 unspecified atom stereocenters. The van der Waals surface area contributed by atoms with Gasteiger partial charge in [0.1, 0.15) is 0 Å². The first-order chi connectivity index (χ1) is 10.1. The van der Waals surface area contributed by atoms with Crippen molar-refractivity contribution in [3.63, 3.8) is 0 Å². The summed E-state index contributed by atoms with van der Waals surface area (Å²) < 4.78 is 0. The Balaban J connectivity index is 2.07. The predicted molar refractivity (Wildman–Crippen MR) is 93.1 cm³/mol. The number of hydrogen-bond acceptors (Lipinski definition) is 3. The summed E-state index contributed by atoms with van der Waals surface area (Å²) in [4.78, 5) is 4.73. The fourth-order valence-corrected chi connectivity index (χ4v) is 4.82. The van der Waals surface area contributed by atoms with Crippen LogP contribution in [0, 0.1) is 19.8 Å². The van der Waals surface area contributed by atoms with Gasteiger partial charge in [0, 0.05) is 17.0 Å². The quantitative estimate of drug-likeness (QED) is 0.822. The molecule has 0 saturated heterocycles. The largest absolute Gasteiger partial charge is 0.313 e. The van der Waals surface area contributed by atoms with E-state index in [1.165, 1.54) is 42.7 Å². The van der Waals surface area contributed by atoms with Crippen LogP contribution in [0.25, 0.3) is 0 Å². The van der Waals surface area contributed by atoms with Crippen molar-refractivity contribution in [2.24, 2.45) is 5.92 Å². The third-order valence-corrected chi connectivity index (χ3v) is 5.75. The molecule has 1 aromatic heterocycles. The standard InChI is InChI=1S/C18H30N2S/c1-5-9-19-16-8-7-15(6-2)12-17(16)21-18-11-13(3)10-14(4)20-18/h10-11,15-17,19H,5-9,12H2,1-4H3. The lowest BCUT2D eigenvalue weighted by molar-refractivity contribution is 0.295. The summed E-state index contributed by atoms with van der Waals surface area (Å²) in [6.45, 7) is 9.99. The minimum atomic E-state index is 0.653. The second-order valence-electron chi connectivity index (χ2n) is 6.43. The van der Waals surface area contributed by atoms with E-state index in [1.807, 2.05) is 11.8 Å². The van der Waals surface area contributed by atoms with Gasteiger partial charge in [-0.1, -0.05) is 20.3 Å². The molecule has 1 aliphatic carbocycles. The lowest BCUT2D eigenvalue weighted by Gasteiger charge is -2.36. The van der Waals surface area contributed by atoms with Crippen LogP contribution >= 0.6 is 11.8 Å². The van der Waals surface area contributed by atoms with Crippen molar-refractivity contribution in [3.8, 4) is 0 Å². The van der Waals surface area contributed by atoms with Crippen LogP contribution in [0.2, 0.25) is 0 Å². The SMILES string of the molecule is CCCNC1CCC(CC)CC1Sc1cc(C)cc(C)n1. The number of aryl methyl sites for hydroxylation is 2. The normalized spacial score (nSPS) is 26.0. The number of rotatable bonds is 6. The highest BCUT2D eigenvalue weighted by molar-refractivity contribution is 7.99. The van der Waals surface area contributed by atoms with E-state index in [0.717, 1.165) is 18.2 Å². The van der Waals surface area contributed by atoms with Gasteiger partial charge in [-0.3, -0.25) is 0 Å². The smallest absolute Gasteiger partial charge is 0.0968 e. The van der Waals surface area contributed by atoms with E-state index in [1.54, 1.807) is 0 Å². The van der Waals surface area contributed by atoms with Gasteiger partial charge in [-0.2, -0.15) is 0 Å². The number of nitrogens with one attached hydrogen (secondary N) is 1. The Morgan fingerprint density at radius 1 is 1.24 bits per heavy atom. The fourth-order valence-electron chi connectivity index (χ4n) is 3.30. The molecule has 1 heterocycles. The van der Waals surface area contributed by atoms with Gasteiger partial charge in [-0.25, -0.2) is 4.98 Å². The van der Waals surface area contributed by atoms with E-state index >= 15 is 0 Å². The number of pyridine rings is 1. The molecule has 0 aliphatic heterocycles. The fraction of sp³-hybridized carbons (Fsp3) is 0.722. The van der Waals surface area contributed by atoms with Crippen molar-refractivity contribution in [1.29, 1.82) is 0 Å². The summed E-state index contributed by atoms with van der Waals surface area (Å²) in [5.41, 5.74) is 2.46. The molecule has 21 heavy (non-hydrogen) atoms. The summed E-state index contributed by atoms with van der Waals surface area (Å²) >= 11 is 2.00. The molecule has 0 bridgehead atoms. The van der Waals surface area contributed by atoms with Gasteiger partial charge >= 0.3 is 0 Å². The van der Waals surface area contributed by atoms with Crippen LogP contribution < -0.4 is 5.32 Å². The molecule has 1 aliphatic rings. The van der Waals surface area contributed by atoms with Crippen molar-refractivity contribution in [2.75, 3.05) is 6.54 Å². The van der Waals surface area contributed by atoms with Gasteiger partial charge in [-0.15, -0.1) is 11.8 Å². The Hall–Kier alpha value is -0.540. The zero-order valence-corrected chi connectivity index (χ0v) is 14.8. The third-order valence-electron chi connectivity index (χ3n) is 4.48. The molecule has 2 nitrogen and oxygen atoms in total. The summed E-state index contributed by atoms with van der Waals surface area (Å²) in [6, 6.07) is 5.05. The van der Waals surface area contributed by atoms with Crippen molar-refractivity contribution in [1.82, 2.24) is 10.3 Å². The number of thioether (sulfide) groups is 1. The molecular formula is C18H30N2S. The molecule has 1 fully saturated rings. The summed E-state index contributed by atoms with van der Waals surface area (Å²) in [6.07, 6.45) is 6.57. The number of hydrogen-bond donors (Lipinski definition) is 1. The molecular weight excluding hydrogens is 276 g/mol. The van der Waals surface area contributed by atoms with Crippen LogP contribution in [0.4, 0.5) is 0 Å². The molecule has 3 atom stereocenters. The van der Waals surface area contributed by atoms with Crippen LogP contribution in [-0.4, -0.2) is 22.8 Å². The second kappa shape index (κ2) is 8.19. The molecule has 118 valence electrons. The van der Waals surface area contributed by atoms with Crippen molar-refractivity contribution >= 4 is 11.8 Å². The minimum absolute atomic E-state index is 0.653. The minimum Gasteiger partial charge on any atom is -0.313 e. The van der Waals surface area contributed by atoms with Crippen LogP contribution in [0.15, 0.2) is 17.2 Å². The first kappa shape index (κ1) is 16.8. The van der Waals surface area contributed by atoms with Gasteiger partial charge in [0.05, 0.1) is 5.03 Å². The monoisotopic (exact) mass is 306 g/mol. The highest BCUT2D eigenvalue weighted by atomic mass is 32.2. The van der Waals surface area contributed by atoms with E-state index < -0.39 is 0 Å². The van der Waals surface area contributed by atoms with Crippen LogP contribution in [0.5, 0.6) is 0 Å². The van der Waals surface area contributed by atoms with Gasteiger partial charge in [0.25, 0.3) is 0 Å². The first-order valence-electron chi connectivity index (χ1n) is 8.47. The van der Waals surface area contributed by atoms with Crippen LogP contribution in [-0.2, 0) is 0 Å². The molecule has 0 aromatic carbocycles. The summed E-state index contributed by atoms with van der Waals surface area (Å²) in [5, 5.41) is 5.64. The Morgan fingerprint density at radius 3 is 2.71 bits per heavy atom. The summed E-state index contributed by atoms with van der Waals surface area (Å²) in [7, 11) is 0. The Labute approximate surface area is 134 Å². The maximum atomic E-state index is 4.73. The van der Waals surface area contributed by atoms with Gasteiger partial charge in [0.2, 0.25) is 0 Å². The number of aromatic nitrogens is 1. The van der Waals surface area contributed by atoms with E-state index in [2.05, 4.69) is 45.1 Å². The molecule has 0 spiro atoms. The first-order valence-corrected chi connectivity index (χ1v) is 9.35. The second-order valence-corrected chi connectivity index (χ2v) is 7.69. The molecule has 2 rings (SSSR count). The molecule has 1 aromatic rings. The van der Waals surface area contributed by atoms with Crippen LogP contribution in [0.3, 0.4) is 0 Å². The predicted octanol–water partition coefficient (Wildman–Crippen LogP) is 4.74. The van der Waals surface area contributed by atoms with Gasteiger partial charge in [0.15, 0.2) is 0 Å². The highest BCUT2D eigenvalue weighted by Crippen LogP contribution is 2.37. The molecule has 0 amide bonds. The number of nitrogens with zero attached hydrogens (tertiary/aromatic N) is 1. The molecule has 3 heteroatoms. The van der Waals surface area contributed by atoms with E-state index in [9.17, 15) is 0 Å². The Kier molecular flexibility index (Phi) is 6.56. The van der Waals surface area contributed by atoms with Crippen LogP contribution in [0.1, 0.15) is 57.2 Å². The summed E-state index contributed by atoms with van der Waals surface area (Å²) in [5.74, 6) is 0.896. The van der Waals surface area contributed by atoms with E-state index in [0.29, 0.717) is 11.3 Å². The molecule has 1 N–H and O–H groups in total. The topological polar surface area (TPSA) is 24.9 Å².